The van der Waals surface area contributed by atoms with Crippen LogP contribution in [-0.2, 0) is 6.54 Å². The second-order valence-corrected chi connectivity index (χ2v) is 5.49. The smallest absolute Gasteiger partial charge is 0.0695 e. The number of benzene rings is 1. The minimum atomic E-state index is -0.205. The fourth-order valence-corrected chi connectivity index (χ4v) is 3.04. The summed E-state index contributed by atoms with van der Waals surface area (Å²) in [6.45, 7) is 1.44. The zero-order chi connectivity index (χ0) is 13.1. The summed E-state index contributed by atoms with van der Waals surface area (Å²) in [5.41, 5.74) is 2.29. The van der Waals surface area contributed by atoms with Crippen molar-refractivity contribution in [2.24, 2.45) is 5.92 Å². The molecule has 0 spiro atoms. The summed E-state index contributed by atoms with van der Waals surface area (Å²) >= 11 is 0. The summed E-state index contributed by atoms with van der Waals surface area (Å²) in [4.78, 5) is 0. The van der Waals surface area contributed by atoms with Crippen LogP contribution >= 0.6 is 0 Å². The number of H-pyrrole nitrogens is 1. The third-order valence-corrected chi connectivity index (χ3v) is 4.18. The van der Waals surface area contributed by atoms with E-state index in [1.807, 2.05) is 12.3 Å². The summed E-state index contributed by atoms with van der Waals surface area (Å²) in [6.07, 6.45) is 6.54. The van der Waals surface area contributed by atoms with E-state index in [2.05, 4.69) is 27.6 Å². The van der Waals surface area contributed by atoms with Crippen molar-refractivity contribution in [1.29, 1.82) is 0 Å². The number of aliphatic hydroxyl groups excluding tert-OH is 1. The third-order valence-electron chi connectivity index (χ3n) is 4.18. The Kier molecular flexibility index (Phi) is 3.80. The number of fused-ring (bicyclic) bond motifs is 1. The van der Waals surface area contributed by atoms with Crippen LogP contribution in [0.2, 0.25) is 0 Å². The summed E-state index contributed by atoms with van der Waals surface area (Å²) in [5.74, 6) is 0.496. The molecule has 1 atom stereocenters. The van der Waals surface area contributed by atoms with Crippen LogP contribution < -0.4 is 5.32 Å². The van der Waals surface area contributed by atoms with Crippen molar-refractivity contribution >= 4 is 10.9 Å². The summed E-state index contributed by atoms with van der Waals surface area (Å²) < 4.78 is 0. The fraction of sp³-hybridized carbons (Fsp3) is 0.533. The van der Waals surface area contributed by atoms with Crippen molar-refractivity contribution in [2.45, 2.75) is 38.3 Å². The molecule has 2 aromatic rings. The molecular weight excluding hydrogens is 238 g/mol. The highest BCUT2D eigenvalue weighted by atomic mass is 16.3. The maximum atomic E-state index is 10.1. The fourth-order valence-electron chi connectivity index (χ4n) is 3.04. The number of aromatic amines is 1. The lowest BCUT2D eigenvalue weighted by Gasteiger charge is -2.18. The monoisotopic (exact) mass is 259 g/mol. The minimum Gasteiger partial charge on any atom is -0.392 e. The summed E-state index contributed by atoms with van der Waals surface area (Å²) in [7, 11) is 0. The van der Waals surface area contributed by atoms with Gasteiger partial charge in [0.25, 0.3) is 0 Å². The highest BCUT2D eigenvalue weighted by Crippen LogP contribution is 2.27. The first-order valence-corrected chi connectivity index (χ1v) is 7.14. The molecule has 1 aromatic heterocycles. The molecule has 1 heterocycles. The van der Waals surface area contributed by atoms with E-state index in [-0.39, 0.29) is 6.10 Å². The van der Waals surface area contributed by atoms with Crippen molar-refractivity contribution in [3.8, 4) is 0 Å². The summed E-state index contributed by atoms with van der Waals surface area (Å²) in [6, 6.07) is 6.19. The first kappa shape index (κ1) is 12.6. The van der Waals surface area contributed by atoms with Crippen LogP contribution in [0.15, 0.2) is 24.4 Å². The Balaban J connectivity index is 1.55. The van der Waals surface area contributed by atoms with Crippen molar-refractivity contribution in [2.75, 3.05) is 6.54 Å². The van der Waals surface area contributed by atoms with Crippen LogP contribution in [0.25, 0.3) is 10.9 Å². The van der Waals surface area contributed by atoms with Crippen LogP contribution in [0.3, 0.4) is 0 Å². The molecule has 4 nitrogen and oxygen atoms in total. The molecule has 102 valence electrons. The van der Waals surface area contributed by atoms with E-state index in [1.165, 1.54) is 31.2 Å². The van der Waals surface area contributed by atoms with E-state index in [1.54, 1.807) is 0 Å². The SMILES string of the molecule is OC(CNCc1cccc2cn[nH]c12)C1CCCC1. The Labute approximate surface area is 113 Å². The third kappa shape index (κ3) is 2.80. The number of rotatable bonds is 5. The van der Waals surface area contributed by atoms with Crippen molar-refractivity contribution in [3.05, 3.63) is 30.0 Å². The average molecular weight is 259 g/mol. The van der Waals surface area contributed by atoms with Crippen LogP contribution in [0.5, 0.6) is 0 Å². The Bertz CT molecular complexity index is 531. The van der Waals surface area contributed by atoms with Gasteiger partial charge in [-0.25, -0.2) is 0 Å². The van der Waals surface area contributed by atoms with Gasteiger partial charge >= 0.3 is 0 Å². The van der Waals surface area contributed by atoms with E-state index in [0.717, 1.165) is 17.4 Å². The molecule has 1 saturated carbocycles. The molecule has 19 heavy (non-hydrogen) atoms. The van der Waals surface area contributed by atoms with Crippen LogP contribution in [-0.4, -0.2) is 28.0 Å². The zero-order valence-corrected chi connectivity index (χ0v) is 11.1. The maximum absolute atomic E-state index is 10.1. The van der Waals surface area contributed by atoms with Crippen LogP contribution in [0, 0.1) is 5.92 Å². The number of para-hydroxylation sites is 1. The Morgan fingerprint density at radius 3 is 3.05 bits per heavy atom. The molecular formula is C15H21N3O. The van der Waals surface area contributed by atoms with Gasteiger partial charge in [-0.05, 0) is 24.3 Å². The molecule has 1 unspecified atom stereocenters. The van der Waals surface area contributed by atoms with Gasteiger partial charge in [0.15, 0.2) is 0 Å². The molecule has 1 fully saturated rings. The second kappa shape index (κ2) is 5.72. The standard InChI is InChI=1S/C15H21N3O/c19-14(11-4-1-2-5-11)10-16-8-12-6-3-7-13-9-17-18-15(12)13/h3,6-7,9,11,14,16,19H,1-2,4-5,8,10H2,(H,17,18). The highest BCUT2D eigenvalue weighted by molar-refractivity contribution is 5.81. The van der Waals surface area contributed by atoms with Gasteiger partial charge in [-0.2, -0.15) is 5.10 Å². The van der Waals surface area contributed by atoms with E-state index in [0.29, 0.717) is 12.5 Å². The summed E-state index contributed by atoms with van der Waals surface area (Å²) in [5, 5.41) is 21.7. The Morgan fingerprint density at radius 1 is 1.37 bits per heavy atom. The molecule has 0 bridgehead atoms. The number of nitrogens with zero attached hydrogens (tertiary/aromatic N) is 1. The second-order valence-electron chi connectivity index (χ2n) is 5.49. The van der Waals surface area contributed by atoms with E-state index < -0.39 is 0 Å². The quantitative estimate of drug-likeness (QED) is 0.771. The molecule has 0 radical (unpaired) electrons. The Hall–Kier alpha value is -1.39. The molecule has 1 aliphatic carbocycles. The van der Waals surface area contributed by atoms with Crippen molar-refractivity contribution in [3.63, 3.8) is 0 Å². The lowest BCUT2D eigenvalue weighted by atomic mass is 10.0. The lowest BCUT2D eigenvalue weighted by Crippen LogP contribution is -2.31. The van der Waals surface area contributed by atoms with E-state index in [9.17, 15) is 5.11 Å². The lowest BCUT2D eigenvalue weighted by molar-refractivity contribution is 0.109. The van der Waals surface area contributed by atoms with Gasteiger partial charge in [0.05, 0.1) is 17.8 Å². The topological polar surface area (TPSA) is 60.9 Å². The number of aromatic nitrogens is 2. The number of hydrogen-bond donors (Lipinski definition) is 3. The van der Waals surface area contributed by atoms with Crippen molar-refractivity contribution in [1.82, 2.24) is 15.5 Å². The van der Waals surface area contributed by atoms with E-state index in [4.69, 9.17) is 0 Å². The maximum Gasteiger partial charge on any atom is 0.0695 e. The van der Waals surface area contributed by atoms with Gasteiger partial charge < -0.3 is 10.4 Å². The molecule has 4 heteroatoms. The van der Waals surface area contributed by atoms with Crippen LogP contribution in [0.1, 0.15) is 31.2 Å². The van der Waals surface area contributed by atoms with Crippen LogP contribution in [0.4, 0.5) is 0 Å². The van der Waals surface area contributed by atoms with Crippen molar-refractivity contribution < 1.29 is 5.11 Å². The van der Waals surface area contributed by atoms with Gasteiger partial charge in [0.2, 0.25) is 0 Å². The minimum absolute atomic E-state index is 0.205. The van der Waals surface area contributed by atoms with Gasteiger partial charge in [-0.15, -0.1) is 0 Å². The molecule has 0 aliphatic heterocycles. The van der Waals surface area contributed by atoms with Gasteiger partial charge in [0, 0.05) is 18.5 Å². The average Bonchev–Trinajstić information content (AvgIpc) is 3.10. The van der Waals surface area contributed by atoms with E-state index >= 15 is 0 Å². The van der Waals surface area contributed by atoms with Gasteiger partial charge in [-0.3, -0.25) is 5.10 Å². The number of nitrogens with one attached hydrogen (secondary N) is 2. The molecule has 1 aliphatic rings. The first-order chi connectivity index (χ1) is 9.34. The Morgan fingerprint density at radius 2 is 2.21 bits per heavy atom. The van der Waals surface area contributed by atoms with Gasteiger partial charge in [-0.1, -0.05) is 31.0 Å². The molecule has 0 amide bonds. The normalized spacial score (nSPS) is 18.2. The molecule has 3 N–H and O–H groups in total. The predicted molar refractivity (Wildman–Crippen MR) is 75.8 cm³/mol. The highest BCUT2D eigenvalue weighted by Gasteiger charge is 2.22. The largest absolute Gasteiger partial charge is 0.392 e. The molecule has 1 aromatic carbocycles. The number of aliphatic hydroxyl groups is 1. The zero-order valence-electron chi connectivity index (χ0n) is 11.1. The number of hydrogen-bond acceptors (Lipinski definition) is 3. The predicted octanol–water partition coefficient (Wildman–Crippen LogP) is 2.20. The van der Waals surface area contributed by atoms with Gasteiger partial charge in [0.1, 0.15) is 0 Å². The first-order valence-electron chi connectivity index (χ1n) is 7.14. The molecule has 3 rings (SSSR count). The molecule has 0 saturated heterocycles.